The van der Waals surface area contributed by atoms with E-state index in [1.54, 1.807) is 0 Å². The van der Waals surface area contributed by atoms with Crippen LogP contribution in [0.4, 0.5) is 0 Å². The lowest BCUT2D eigenvalue weighted by Crippen LogP contribution is -2.41. The second-order valence-corrected chi connectivity index (χ2v) is 7.04. The topological polar surface area (TPSA) is 58.6 Å². The van der Waals surface area contributed by atoms with E-state index in [0.717, 1.165) is 24.2 Å². The zero-order valence-electron chi connectivity index (χ0n) is 16.2. The summed E-state index contributed by atoms with van der Waals surface area (Å²) in [4.78, 5) is 25.8. The van der Waals surface area contributed by atoms with Crippen LogP contribution in [0.5, 0.6) is 5.75 Å². The Balaban J connectivity index is 1.49. The van der Waals surface area contributed by atoms with Crippen LogP contribution in [-0.2, 0) is 11.3 Å². The number of benzene rings is 2. The van der Waals surface area contributed by atoms with Crippen LogP contribution < -0.4 is 10.1 Å². The minimum absolute atomic E-state index is 0.0375. The molecular formula is C23H26N2O3. The maximum Gasteiger partial charge on any atom is 0.253 e. The summed E-state index contributed by atoms with van der Waals surface area (Å²) in [7, 11) is 0. The monoisotopic (exact) mass is 378 g/mol. The molecule has 0 aromatic heterocycles. The van der Waals surface area contributed by atoms with E-state index in [4.69, 9.17) is 4.74 Å². The summed E-state index contributed by atoms with van der Waals surface area (Å²) in [6, 6.07) is 15.4. The molecule has 0 aliphatic carbocycles. The summed E-state index contributed by atoms with van der Waals surface area (Å²) < 4.78 is 6.04. The number of ether oxygens (including phenoxy) is 1. The number of aryl methyl sites for hydroxylation is 1. The first-order chi connectivity index (χ1) is 13.5. The molecule has 5 heteroatoms. The van der Waals surface area contributed by atoms with E-state index in [9.17, 15) is 9.59 Å². The minimum Gasteiger partial charge on any atom is -0.490 e. The zero-order chi connectivity index (χ0) is 19.9. The van der Waals surface area contributed by atoms with Crippen molar-refractivity contribution >= 4 is 11.8 Å². The molecule has 5 nitrogen and oxygen atoms in total. The second-order valence-electron chi connectivity index (χ2n) is 7.04. The third-order valence-corrected chi connectivity index (χ3v) is 4.91. The normalized spacial score (nSPS) is 14.4. The highest BCUT2D eigenvalue weighted by atomic mass is 16.5. The molecule has 2 aromatic rings. The van der Waals surface area contributed by atoms with Gasteiger partial charge in [-0.3, -0.25) is 9.59 Å². The molecule has 1 saturated heterocycles. The highest BCUT2D eigenvalue weighted by Gasteiger charge is 2.24. The van der Waals surface area contributed by atoms with Crippen LogP contribution in [0, 0.1) is 6.92 Å². The predicted molar refractivity (Wildman–Crippen MR) is 109 cm³/mol. The van der Waals surface area contributed by atoms with Crippen LogP contribution in [0.15, 0.2) is 61.2 Å². The van der Waals surface area contributed by atoms with Crippen LogP contribution in [0.25, 0.3) is 0 Å². The minimum atomic E-state index is -0.212. The Hall–Kier alpha value is -3.08. The fraction of sp³-hybridized carbons (Fsp3) is 0.304. The van der Waals surface area contributed by atoms with Gasteiger partial charge >= 0.3 is 0 Å². The largest absolute Gasteiger partial charge is 0.490 e. The van der Waals surface area contributed by atoms with Gasteiger partial charge in [-0.25, -0.2) is 0 Å². The molecule has 3 rings (SSSR count). The summed E-state index contributed by atoms with van der Waals surface area (Å²) in [5.41, 5.74) is 2.82. The molecule has 0 saturated carbocycles. The van der Waals surface area contributed by atoms with E-state index >= 15 is 0 Å². The van der Waals surface area contributed by atoms with E-state index in [2.05, 4.69) is 18.8 Å². The third-order valence-electron chi connectivity index (χ3n) is 4.91. The number of hydrogen-bond donors (Lipinski definition) is 1. The number of nitrogens with zero attached hydrogens (tertiary/aromatic N) is 1. The van der Waals surface area contributed by atoms with Gasteiger partial charge < -0.3 is 15.0 Å². The Morgan fingerprint density at radius 2 is 1.75 bits per heavy atom. The van der Waals surface area contributed by atoms with E-state index in [-0.39, 0.29) is 17.9 Å². The molecule has 146 valence electrons. The third kappa shape index (κ3) is 5.22. The van der Waals surface area contributed by atoms with Crippen molar-refractivity contribution in [1.82, 2.24) is 10.2 Å². The standard InChI is InChI=1S/C23H26N2O3/c1-3-22(26)24-16-18-6-8-19(9-7-18)23(27)25-14-12-21(13-15-25)28-20-10-4-17(2)5-11-20/h3-11,21H,1,12-16H2,2H3,(H,24,26). The van der Waals surface area contributed by atoms with Gasteiger partial charge in [-0.2, -0.15) is 0 Å². The molecule has 1 aliphatic heterocycles. The predicted octanol–water partition coefficient (Wildman–Crippen LogP) is 3.48. The van der Waals surface area contributed by atoms with Crippen molar-refractivity contribution in [1.29, 1.82) is 0 Å². The van der Waals surface area contributed by atoms with Gasteiger partial charge in [0, 0.05) is 38.0 Å². The lowest BCUT2D eigenvalue weighted by atomic mass is 10.1. The van der Waals surface area contributed by atoms with E-state index in [1.165, 1.54) is 11.6 Å². The quantitative estimate of drug-likeness (QED) is 0.783. The first-order valence-electron chi connectivity index (χ1n) is 9.57. The molecule has 2 aromatic carbocycles. The molecule has 0 spiro atoms. The fourth-order valence-corrected chi connectivity index (χ4v) is 3.20. The van der Waals surface area contributed by atoms with E-state index < -0.39 is 0 Å². The van der Waals surface area contributed by atoms with Gasteiger partial charge in [-0.15, -0.1) is 0 Å². The highest BCUT2D eigenvalue weighted by molar-refractivity contribution is 5.94. The molecule has 1 N–H and O–H groups in total. The molecule has 1 aliphatic rings. The smallest absolute Gasteiger partial charge is 0.253 e. The molecular weight excluding hydrogens is 352 g/mol. The molecule has 0 atom stereocenters. The molecule has 0 radical (unpaired) electrons. The Morgan fingerprint density at radius 1 is 1.11 bits per heavy atom. The first kappa shape index (κ1) is 19.7. The molecule has 2 amide bonds. The maximum atomic E-state index is 12.7. The van der Waals surface area contributed by atoms with Gasteiger partial charge in [0.25, 0.3) is 5.91 Å². The Labute approximate surface area is 166 Å². The average Bonchev–Trinajstić information content (AvgIpc) is 2.74. The summed E-state index contributed by atoms with van der Waals surface area (Å²) in [5, 5.41) is 2.72. The second kappa shape index (κ2) is 9.22. The number of nitrogens with one attached hydrogen (secondary N) is 1. The van der Waals surface area contributed by atoms with Crippen molar-refractivity contribution in [2.24, 2.45) is 0 Å². The molecule has 0 bridgehead atoms. The van der Waals surface area contributed by atoms with Crippen molar-refractivity contribution < 1.29 is 14.3 Å². The summed E-state index contributed by atoms with van der Waals surface area (Å²) >= 11 is 0. The van der Waals surface area contributed by atoms with Crippen LogP contribution in [0.2, 0.25) is 0 Å². The molecule has 0 unspecified atom stereocenters. The van der Waals surface area contributed by atoms with Gasteiger partial charge in [-0.05, 0) is 42.8 Å². The average molecular weight is 378 g/mol. The Kier molecular flexibility index (Phi) is 6.48. The highest BCUT2D eigenvalue weighted by Crippen LogP contribution is 2.20. The molecule has 1 fully saturated rings. The zero-order valence-corrected chi connectivity index (χ0v) is 16.2. The van der Waals surface area contributed by atoms with Gasteiger partial charge in [0.05, 0.1) is 0 Å². The van der Waals surface area contributed by atoms with Crippen LogP contribution >= 0.6 is 0 Å². The van der Waals surface area contributed by atoms with Crippen molar-refractivity contribution in [3.8, 4) is 5.75 Å². The Morgan fingerprint density at radius 3 is 2.36 bits per heavy atom. The number of hydrogen-bond acceptors (Lipinski definition) is 3. The fourth-order valence-electron chi connectivity index (χ4n) is 3.20. The lowest BCUT2D eigenvalue weighted by Gasteiger charge is -2.32. The molecule has 28 heavy (non-hydrogen) atoms. The van der Waals surface area contributed by atoms with Crippen molar-refractivity contribution in [3.05, 3.63) is 77.9 Å². The number of likely N-dealkylation sites (tertiary alicyclic amines) is 1. The van der Waals surface area contributed by atoms with Gasteiger partial charge in [-0.1, -0.05) is 36.4 Å². The number of piperidine rings is 1. The van der Waals surface area contributed by atoms with Crippen molar-refractivity contribution in [2.45, 2.75) is 32.4 Å². The van der Waals surface area contributed by atoms with Gasteiger partial charge in [0.1, 0.15) is 11.9 Å². The summed E-state index contributed by atoms with van der Waals surface area (Å²) in [5.74, 6) is 0.709. The summed E-state index contributed by atoms with van der Waals surface area (Å²) in [6.45, 7) is 7.27. The van der Waals surface area contributed by atoms with Gasteiger partial charge in [0.15, 0.2) is 0 Å². The van der Waals surface area contributed by atoms with Crippen molar-refractivity contribution in [2.75, 3.05) is 13.1 Å². The van der Waals surface area contributed by atoms with Crippen LogP contribution in [0.3, 0.4) is 0 Å². The lowest BCUT2D eigenvalue weighted by molar-refractivity contribution is -0.116. The van der Waals surface area contributed by atoms with E-state index in [1.807, 2.05) is 53.4 Å². The SMILES string of the molecule is C=CC(=O)NCc1ccc(C(=O)N2CCC(Oc3ccc(C)cc3)CC2)cc1. The van der Waals surface area contributed by atoms with Crippen molar-refractivity contribution in [3.63, 3.8) is 0 Å². The van der Waals surface area contributed by atoms with E-state index in [0.29, 0.717) is 25.2 Å². The Bertz CT molecular complexity index is 820. The van der Waals surface area contributed by atoms with Crippen LogP contribution in [0.1, 0.15) is 34.3 Å². The number of carbonyl (C=O) groups excluding carboxylic acids is 2. The first-order valence-corrected chi connectivity index (χ1v) is 9.57. The molecule has 1 heterocycles. The summed E-state index contributed by atoms with van der Waals surface area (Å²) in [6.07, 6.45) is 3.03. The van der Waals surface area contributed by atoms with Gasteiger partial charge in [0.2, 0.25) is 5.91 Å². The van der Waals surface area contributed by atoms with Crippen LogP contribution in [-0.4, -0.2) is 35.9 Å². The number of carbonyl (C=O) groups is 2. The number of rotatable bonds is 6. The number of amides is 2. The maximum absolute atomic E-state index is 12.7.